The first-order chi connectivity index (χ1) is 11.6. The lowest BCUT2D eigenvalue weighted by atomic mass is 10.1. The Morgan fingerprint density at radius 3 is 2.96 bits per heavy atom. The Bertz CT molecular complexity index is 820. The van der Waals surface area contributed by atoms with Crippen LogP contribution in [0.3, 0.4) is 0 Å². The molecule has 0 saturated carbocycles. The number of amides is 1. The van der Waals surface area contributed by atoms with Gasteiger partial charge in [-0.1, -0.05) is 35.5 Å². The summed E-state index contributed by atoms with van der Waals surface area (Å²) in [5.74, 6) is 0.818. The molecule has 1 atom stereocenters. The second-order valence-corrected chi connectivity index (χ2v) is 6.35. The Balaban J connectivity index is 1.52. The molecular weight excluding hydrogens is 350 g/mol. The van der Waals surface area contributed by atoms with Crippen LogP contribution in [0.1, 0.15) is 18.5 Å². The van der Waals surface area contributed by atoms with Crippen LogP contribution in [-0.4, -0.2) is 21.9 Å². The summed E-state index contributed by atoms with van der Waals surface area (Å²) in [5.41, 5.74) is 0.943. The standard InChI is InChI=1S/C16H14ClN3O3S/c1-10(11-4-2-5-12(17)8-11)18-14(21)9-24-16-20-19-15(23-16)13-6-3-7-22-13/h2-8,10H,9H2,1H3,(H,18,21)/t10-/m0/s1. The van der Waals surface area contributed by atoms with E-state index in [2.05, 4.69) is 15.5 Å². The number of furan rings is 1. The van der Waals surface area contributed by atoms with Crippen LogP contribution in [-0.2, 0) is 4.79 Å². The zero-order chi connectivity index (χ0) is 16.9. The van der Waals surface area contributed by atoms with E-state index in [-0.39, 0.29) is 23.6 Å². The van der Waals surface area contributed by atoms with Crippen molar-refractivity contribution < 1.29 is 13.6 Å². The number of hydrogen-bond acceptors (Lipinski definition) is 6. The van der Waals surface area contributed by atoms with Crippen LogP contribution in [0.5, 0.6) is 0 Å². The van der Waals surface area contributed by atoms with Gasteiger partial charge in [0.05, 0.1) is 18.1 Å². The van der Waals surface area contributed by atoms with Crippen molar-refractivity contribution in [1.29, 1.82) is 0 Å². The molecule has 2 heterocycles. The molecule has 124 valence electrons. The third-order valence-electron chi connectivity index (χ3n) is 3.19. The fourth-order valence-electron chi connectivity index (χ4n) is 2.04. The molecule has 24 heavy (non-hydrogen) atoms. The van der Waals surface area contributed by atoms with E-state index in [9.17, 15) is 4.79 Å². The minimum absolute atomic E-state index is 0.134. The maximum absolute atomic E-state index is 12.0. The molecule has 0 fully saturated rings. The Hall–Kier alpha value is -2.25. The number of benzene rings is 1. The van der Waals surface area contributed by atoms with Crippen LogP contribution in [0.4, 0.5) is 0 Å². The van der Waals surface area contributed by atoms with Gasteiger partial charge in [-0.15, -0.1) is 10.2 Å². The largest absolute Gasteiger partial charge is 0.459 e. The molecule has 6 nitrogen and oxygen atoms in total. The van der Waals surface area contributed by atoms with Crippen molar-refractivity contribution in [1.82, 2.24) is 15.5 Å². The van der Waals surface area contributed by atoms with Gasteiger partial charge in [-0.25, -0.2) is 0 Å². The van der Waals surface area contributed by atoms with Crippen LogP contribution < -0.4 is 5.32 Å². The van der Waals surface area contributed by atoms with E-state index in [1.165, 1.54) is 18.0 Å². The van der Waals surface area contributed by atoms with Gasteiger partial charge in [0, 0.05) is 5.02 Å². The third-order valence-corrected chi connectivity index (χ3v) is 4.24. The van der Waals surface area contributed by atoms with Gasteiger partial charge >= 0.3 is 0 Å². The first kappa shape index (κ1) is 16.6. The van der Waals surface area contributed by atoms with E-state index in [0.717, 1.165) is 5.56 Å². The van der Waals surface area contributed by atoms with Gasteiger partial charge in [0.2, 0.25) is 5.91 Å². The van der Waals surface area contributed by atoms with Gasteiger partial charge in [-0.05, 0) is 36.8 Å². The zero-order valence-electron chi connectivity index (χ0n) is 12.7. The fourth-order valence-corrected chi connectivity index (χ4v) is 2.81. The summed E-state index contributed by atoms with van der Waals surface area (Å²) < 4.78 is 10.6. The molecule has 0 bridgehead atoms. The van der Waals surface area contributed by atoms with Crippen LogP contribution >= 0.6 is 23.4 Å². The van der Waals surface area contributed by atoms with Crippen LogP contribution in [0.2, 0.25) is 5.02 Å². The predicted octanol–water partition coefficient (Wildman–Crippen LogP) is 3.95. The Labute approximate surface area is 147 Å². The van der Waals surface area contributed by atoms with Crippen LogP contribution in [0.15, 0.2) is 56.7 Å². The SMILES string of the molecule is C[C@H](NC(=O)CSc1nnc(-c2ccco2)o1)c1cccc(Cl)c1. The van der Waals surface area contributed by atoms with Gasteiger partial charge in [0.25, 0.3) is 11.1 Å². The Morgan fingerprint density at radius 1 is 1.33 bits per heavy atom. The summed E-state index contributed by atoms with van der Waals surface area (Å²) in [6, 6.07) is 10.7. The Kier molecular flexibility index (Phi) is 5.22. The van der Waals surface area contributed by atoms with Gasteiger partial charge in [0.1, 0.15) is 0 Å². The molecule has 0 radical (unpaired) electrons. The average molecular weight is 364 g/mol. The minimum atomic E-state index is -0.141. The fraction of sp³-hybridized carbons (Fsp3) is 0.188. The van der Waals surface area contributed by atoms with Gasteiger partial charge in [-0.3, -0.25) is 4.79 Å². The molecule has 3 rings (SSSR count). The number of hydrogen-bond donors (Lipinski definition) is 1. The van der Waals surface area contributed by atoms with Crippen LogP contribution in [0.25, 0.3) is 11.7 Å². The normalized spacial score (nSPS) is 12.1. The van der Waals surface area contributed by atoms with Crippen molar-refractivity contribution in [2.24, 2.45) is 0 Å². The molecule has 0 saturated heterocycles. The van der Waals surface area contributed by atoms with Crippen LogP contribution in [0, 0.1) is 0 Å². The summed E-state index contributed by atoms with van der Waals surface area (Å²) in [5, 5.41) is 11.6. The Morgan fingerprint density at radius 2 is 2.21 bits per heavy atom. The number of halogens is 1. The summed E-state index contributed by atoms with van der Waals surface area (Å²) >= 11 is 7.13. The monoisotopic (exact) mass is 363 g/mol. The highest BCUT2D eigenvalue weighted by Gasteiger charge is 2.14. The molecule has 2 aromatic heterocycles. The van der Waals surface area contributed by atoms with E-state index < -0.39 is 0 Å². The highest BCUT2D eigenvalue weighted by molar-refractivity contribution is 7.99. The molecule has 8 heteroatoms. The number of nitrogens with zero attached hydrogens (tertiary/aromatic N) is 2. The average Bonchev–Trinajstić information content (AvgIpc) is 3.24. The van der Waals surface area contributed by atoms with E-state index in [1.807, 2.05) is 25.1 Å². The maximum atomic E-state index is 12.0. The topological polar surface area (TPSA) is 81.2 Å². The van der Waals surface area contributed by atoms with E-state index in [4.69, 9.17) is 20.4 Å². The van der Waals surface area contributed by atoms with E-state index in [1.54, 1.807) is 18.2 Å². The van der Waals surface area contributed by atoms with Gasteiger partial charge in [-0.2, -0.15) is 0 Å². The molecule has 3 aromatic rings. The highest BCUT2D eigenvalue weighted by atomic mass is 35.5. The smallest absolute Gasteiger partial charge is 0.284 e. The molecular formula is C16H14ClN3O3S. The molecule has 1 amide bonds. The molecule has 0 unspecified atom stereocenters. The number of carbonyl (C=O) groups is 1. The van der Waals surface area contributed by atoms with Crippen molar-refractivity contribution in [3.63, 3.8) is 0 Å². The zero-order valence-corrected chi connectivity index (χ0v) is 14.3. The van der Waals surface area contributed by atoms with E-state index in [0.29, 0.717) is 16.0 Å². The molecule has 0 aliphatic rings. The number of nitrogens with one attached hydrogen (secondary N) is 1. The molecule has 0 aliphatic carbocycles. The second-order valence-electron chi connectivity index (χ2n) is 4.98. The number of carbonyl (C=O) groups excluding carboxylic acids is 1. The molecule has 1 N–H and O–H groups in total. The lowest BCUT2D eigenvalue weighted by molar-refractivity contribution is -0.119. The van der Waals surface area contributed by atoms with E-state index >= 15 is 0 Å². The molecule has 1 aromatic carbocycles. The maximum Gasteiger partial charge on any atom is 0.284 e. The van der Waals surface area contributed by atoms with Crippen molar-refractivity contribution in [2.75, 3.05) is 5.75 Å². The summed E-state index contributed by atoms with van der Waals surface area (Å²) in [4.78, 5) is 12.0. The van der Waals surface area contributed by atoms with Crippen molar-refractivity contribution in [3.8, 4) is 11.7 Å². The molecule has 0 aliphatic heterocycles. The van der Waals surface area contributed by atoms with Crippen molar-refractivity contribution in [3.05, 3.63) is 53.2 Å². The van der Waals surface area contributed by atoms with Gasteiger partial charge in [0.15, 0.2) is 5.76 Å². The first-order valence-electron chi connectivity index (χ1n) is 7.17. The van der Waals surface area contributed by atoms with Crippen molar-refractivity contribution in [2.45, 2.75) is 18.2 Å². The summed E-state index contributed by atoms with van der Waals surface area (Å²) in [6.45, 7) is 1.90. The third kappa shape index (κ3) is 4.18. The molecule has 0 spiro atoms. The quantitative estimate of drug-likeness (QED) is 0.668. The first-order valence-corrected chi connectivity index (χ1v) is 8.53. The number of rotatable bonds is 6. The van der Waals surface area contributed by atoms with Crippen molar-refractivity contribution >= 4 is 29.3 Å². The number of aromatic nitrogens is 2. The predicted molar refractivity (Wildman–Crippen MR) is 90.7 cm³/mol. The highest BCUT2D eigenvalue weighted by Crippen LogP contribution is 2.23. The van der Waals surface area contributed by atoms with Gasteiger partial charge < -0.3 is 14.2 Å². The second kappa shape index (κ2) is 7.55. The lowest BCUT2D eigenvalue weighted by Gasteiger charge is -2.14. The summed E-state index contributed by atoms with van der Waals surface area (Å²) in [6.07, 6.45) is 1.52. The minimum Gasteiger partial charge on any atom is -0.459 e. The lowest BCUT2D eigenvalue weighted by Crippen LogP contribution is -2.28. The summed E-state index contributed by atoms with van der Waals surface area (Å²) in [7, 11) is 0. The number of thioether (sulfide) groups is 1.